The fourth-order valence-corrected chi connectivity index (χ4v) is 5.01. The number of hydrogen-bond acceptors (Lipinski definition) is 3. The molecule has 0 bridgehead atoms. The molecule has 2 heterocycles. The number of anilines is 1. The average molecular weight is 501 g/mol. The third-order valence-corrected chi connectivity index (χ3v) is 7.00. The van der Waals surface area contributed by atoms with Gasteiger partial charge in [0.1, 0.15) is 12.4 Å². The van der Waals surface area contributed by atoms with Crippen molar-refractivity contribution < 1.29 is 9.59 Å². The smallest absolute Gasteiger partial charge is 0.243 e. The minimum atomic E-state index is -0.116. The van der Waals surface area contributed by atoms with Crippen molar-refractivity contribution in [3.05, 3.63) is 95.3 Å². The summed E-state index contributed by atoms with van der Waals surface area (Å²) >= 11 is 6.04. The Kier molecular flexibility index (Phi) is 6.79. The first-order valence-corrected chi connectivity index (χ1v) is 12.6. The summed E-state index contributed by atoms with van der Waals surface area (Å²) < 4.78 is 2.00. The molecule has 3 aromatic carbocycles. The second-order valence-corrected chi connectivity index (χ2v) is 9.96. The van der Waals surface area contributed by atoms with Crippen molar-refractivity contribution in [1.82, 2.24) is 14.5 Å². The van der Waals surface area contributed by atoms with Crippen LogP contribution >= 0.6 is 11.6 Å². The summed E-state index contributed by atoms with van der Waals surface area (Å²) in [5.41, 5.74) is 3.65. The molecular formula is C29H29ClN4O2. The van der Waals surface area contributed by atoms with E-state index in [1.807, 2.05) is 90.0 Å². The highest BCUT2D eigenvalue weighted by Crippen LogP contribution is 2.33. The molecule has 2 amide bonds. The minimum Gasteiger partial charge on any atom is -0.334 e. The van der Waals surface area contributed by atoms with Gasteiger partial charge in [0, 0.05) is 42.2 Å². The average Bonchev–Trinajstić information content (AvgIpc) is 3.44. The molecule has 0 saturated carbocycles. The second kappa shape index (κ2) is 10.2. The van der Waals surface area contributed by atoms with Crippen LogP contribution in [0.15, 0.2) is 78.9 Å². The molecule has 5 rings (SSSR count). The van der Waals surface area contributed by atoms with E-state index < -0.39 is 0 Å². The van der Waals surface area contributed by atoms with E-state index in [2.05, 4.69) is 0 Å². The van der Waals surface area contributed by atoms with Crippen LogP contribution in [0.4, 0.5) is 5.69 Å². The Morgan fingerprint density at radius 2 is 1.72 bits per heavy atom. The van der Waals surface area contributed by atoms with Crippen molar-refractivity contribution in [2.45, 2.75) is 45.3 Å². The molecule has 36 heavy (non-hydrogen) atoms. The van der Waals surface area contributed by atoms with Gasteiger partial charge in [-0.05, 0) is 55.8 Å². The molecule has 0 radical (unpaired) electrons. The van der Waals surface area contributed by atoms with Gasteiger partial charge in [0.15, 0.2) is 0 Å². The summed E-state index contributed by atoms with van der Waals surface area (Å²) in [6.45, 7) is 5.30. The Balaban J connectivity index is 1.45. The minimum absolute atomic E-state index is 0.0251. The highest BCUT2D eigenvalue weighted by Gasteiger charge is 2.35. The summed E-state index contributed by atoms with van der Waals surface area (Å²) in [4.78, 5) is 35.2. The zero-order valence-corrected chi connectivity index (χ0v) is 21.2. The first-order valence-electron chi connectivity index (χ1n) is 12.2. The molecule has 7 heteroatoms. The lowest BCUT2D eigenvalue weighted by atomic mass is 10.1. The van der Waals surface area contributed by atoms with E-state index in [0.717, 1.165) is 28.1 Å². The van der Waals surface area contributed by atoms with Gasteiger partial charge in [-0.3, -0.25) is 9.59 Å². The monoisotopic (exact) mass is 500 g/mol. The third-order valence-electron chi connectivity index (χ3n) is 6.75. The molecule has 0 aliphatic carbocycles. The number of nitrogens with zero attached hydrogens (tertiary/aromatic N) is 4. The summed E-state index contributed by atoms with van der Waals surface area (Å²) in [6.07, 6.45) is 0.345. The topological polar surface area (TPSA) is 58.4 Å². The van der Waals surface area contributed by atoms with E-state index in [4.69, 9.17) is 16.6 Å². The van der Waals surface area contributed by atoms with Crippen LogP contribution in [-0.4, -0.2) is 38.9 Å². The Morgan fingerprint density at radius 1 is 1.03 bits per heavy atom. The van der Waals surface area contributed by atoms with Gasteiger partial charge in [0.25, 0.3) is 0 Å². The van der Waals surface area contributed by atoms with E-state index in [0.29, 0.717) is 24.5 Å². The Morgan fingerprint density at radius 3 is 2.44 bits per heavy atom. The lowest BCUT2D eigenvalue weighted by molar-refractivity contribution is -0.134. The normalized spacial score (nSPS) is 15.7. The largest absolute Gasteiger partial charge is 0.334 e. The maximum absolute atomic E-state index is 13.6. The molecule has 1 unspecified atom stereocenters. The first-order chi connectivity index (χ1) is 17.4. The standard InChI is InChI=1S/C29H29ClN4O2/c1-20(2)32(17-21-8-4-3-5-9-21)28(36)19-34-26-11-7-6-10-25(26)31-29(34)22-16-27(35)33(18-22)24-14-12-23(30)13-15-24/h3-15,20,22H,16-19H2,1-2H3. The molecule has 1 fully saturated rings. The molecule has 1 aliphatic rings. The number of rotatable bonds is 7. The van der Waals surface area contributed by atoms with Crippen LogP contribution in [0.25, 0.3) is 11.0 Å². The quantitative estimate of drug-likeness (QED) is 0.329. The zero-order valence-electron chi connectivity index (χ0n) is 20.5. The molecule has 6 nitrogen and oxygen atoms in total. The zero-order chi connectivity index (χ0) is 25.2. The first kappa shape index (κ1) is 24.1. The van der Waals surface area contributed by atoms with Crippen LogP contribution in [0.5, 0.6) is 0 Å². The van der Waals surface area contributed by atoms with Crippen molar-refractivity contribution in [3.8, 4) is 0 Å². The van der Waals surface area contributed by atoms with Crippen LogP contribution in [0.2, 0.25) is 5.02 Å². The van der Waals surface area contributed by atoms with Gasteiger partial charge in [0.2, 0.25) is 11.8 Å². The van der Waals surface area contributed by atoms with Crippen molar-refractivity contribution in [1.29, 1.82) is 0 Å². The number of halogens is 1. The molecular weight excluding hydrogens is 472 g/mol. The summed E-state index contributed by atoms with van der Waals surface area (Å²) in [6, 6.07) is 25.2. The van der Waals surface area contributed by atoms with Gasteiger partial charge >= 0.3 is 0 Å². The maximum Gasteiger partial charge on any atom is 0.243 e. The number of carbonyl (C=O) groups excluding carboxylic acids is 2. The fourth-order valence-electron chi connectivity index (χ4n) is 4.89. The van der Waals surface area contributed by atoms with Gasteiger partial charge in [-0.15, -0.1) is 0 Å². The maximum atomic E-state index is 13.6. The van der Waals surface area contributed by atoms with E-state index >= 15 is 0 Å². The molecule has 1 saturated heterocycles. The van der Waals surface area contributed by atoms with Crippen LogP contribution in [0, 0.1) is 0 Å². The van der Waals surface area contributed by atoms with Crippen LogP contribution in [0.3, 0.4) is 0 Å². The van der Waals surface area contributed by atoms with Gasteiger partial charge in [0.05, 0.1) is 11.0 Å². The molecule has 4 aromatic rings. The van der Waals surface area contributed by atoms with Crippen molar-refractivity contribution in [2.24, 2.45) is 0 Å². The molecule has 0 N–H and O–H groups in total. The highest BCUT2D eigenvalue weighted by molar-refractivity contribution is 6.30. The third kappa shape index (κ3) is 4.86. The number of benzene rings is 3. The van der Waals surface area contributed by atoms with Crippen molar-refractivity contribution in [2.75, 3.05) is 11.4 Å². The number of hydrogen-bond donors (Lipinski definition) is 0. The summed E-state index contributed by atoms with van der Waals surface area (Å²) in [7, 11) is 0. The van der Waals surface area contributed by atoms with Crippen molar-refractivity contribution in [3.63, 3.8) is 0 Å². The lowest BCUT2D eigenvalue weighted by Gasteiger charge is -2.28. The number of imidazole rings is 1. The fraction of sp³-hybridized carbons (Fsp3) is 0.276. The Hall–Kier alpha value is -3.64. The van der Waals surface area contributed by atoms with E-state index in [9.17, 15) is 9.59 Å². The molecule has 184 valence electrons. The molecule has 1 aromatic heterocycles. The number of para-hydroxylation sites is 2. The number of amides is 2. The van der Waals surface area contributed by atoms with Crippen LogP contribution in [-0.2, 0) is 22.7 Å². The Bertz CT molecular complexity index is 1380. The van der Waals surface area contributed by atoms with E-state index in [-0.39, 0.29) is 30.3 Å². The molecule has 1 atom stereocenters. The molecule has 0 spiro atoms. The molecule has 1 aliphatic heterocycles. The number of fused-ring (bicyclic) bond motifs is 1. The van der Waals surface area contributed by atoms with Gasteiger partial charge < -0.3 is 14.4 Å². The lowest BCUT2D eigenvalue weighted by Crippen LogP contribution is -2.39. The summed E-state index contributed by atoms with van der Waals surface area (Å²) in [5, 5.41) is 0.632. The Labute approximate surface area is 216 Å². The van der Waals surface area contributed by atoms with Crippen LogP contribution in [0.1, 0.15) is 37.6 Å². The van der Waals surface area contributed by atoms with E-state index in [1.54, 1.807) is 17.0 Å². The van der Waals surface area contributed by atoms with E-state index in [1.165, 1.54) is 0 Å². The predicted octanol–water partition coefficient (Wildman–Crippen LogP) is 5.65. The van der Waals surface area contributed by atoms with Gasteiger partial charge in [-0.25, -0.2) is 4.98 Å². The van der Waals surface area contributed by atoms with Gasteiger partial charge in [-0.2, -0.15) is 0 Å². The second-order valence-electron chi connectivity index (χ2n) is 9.53. The SMILES string of the molecule is CC(C)N(Cc1ccccc1)C(=O)Cn1c(C2CC(=O)N(c3ccc(Cl)cc3)C2)nc2ccccc21. The predicted molar refractivity (Wildman–Crippen MR) is 143 cm³/mol. The number of aromatic nitrogens is 2. The van der Waals surface area contributed by atoms with Gasteiger partial charge in [-0.1, -0.05) is 54.1 Å². The summed E-state index contributed by atoms with van der Waals surface area (Å²) in [5.74, 6) is 0.727. The van der Waals surface area contributed by atoms with Crippen molar-refractivity contribution >= 4 is 40.1 Å². The number of carbonyl (C=O) groups is 2. The van der Waals surface area contributed by atoms with Crippen LogP contribution < -0.4 is 4.90 Å². The highest BCUT2D eigenvalue weighted by atomic mass is 35.5.